The zero-order valence-corrected chi connectivity index (χ0v) is 13.8. The van der Waals surface area contributed by atoms with Gasteiger partial charge in [0.2, 0.25) is 10.0 Å². The minimum Gasteiger partial charge on any atom is -0.326 e. The van der Waals surface area contributed by atoms with E-state index in [4.69, 9.17) is 5.73 Å². The summed E-state index contributed by atoms with van der Waals surface area (Å²) in [5.41, 5.74) is 6.37. The molecular weight excluding hydrogens is 328 g/mol. The van der Waals surface area contributed by atoms with Gasteiger partial charge in [0.05, 0.1) is 4.90 Å². The fourth-order valence-corrected chi connectivity index (χ4v) is 3.93. The van der Waals surface area contributed by atoms with Crippen molar-refractivity contribution < 1.29 is 8.42 Å². The maximum Gasteiger partial charge on any atom is 0.243 e. The van der Waals surface area contributed by atoms with Gasteiger partial charge in [0.25, 0.3) is 0 Å². The van der Waals surface area contributed by atoms with E-state index in [2.05, 4.69) is 22.9 Å². The molecule has 0 aromatic heterocycles. The molecule has 0 unspecified atom stereocenters. The Hall–Kier alpha value is -0.430. The van der Waals surface area contributed by atoms with Crippen LogP contribution in [-0.2, 0) is 16.6 Å². The lowest BCUT2D eigenvalue weighted by Gasteiger charge is -2.18. The van der Waals surface area contributed by atoms with E-state index in [1.165, 1.54) is 4.31 Å². The van der Waals surface area contributed by atoms with Crippen molar-refractivity contribution >= 4 is 26.0 Å². The van der Waals surface area contributed by atoms with Crippen molar-refractivity contribution in [3.63, 3.8) is 0 Å². The molecule has 0 radical (unpaired) electrons. The fraction of sp³-hybridized carbons (Fsp3) is 0.538. The van der Waals surface area contributed by atoms with Crippen LogP contribution in [0.15, 0.2) is 27.6 Å². The highest BCUT2D eigenvalue weighted by atomic mass is 79.9. The lowest BCUT2D eigenvalue weighted by molar-refractivity contribution is 0.454. The molecule has 4 nitrogen and oxygen atoms in total. The molecule has 0 atom stereocenters. The van der Waals surface area contributed by atoms with Crippen molar-refractivity contribution in [3.05, 3.63) is 28.2 Å². The van der Waals surface area contributed by atoms with Crippen LogP contribution < -0.4 is 5.73 Å². The second kappa shape index (κ2) is 7.38. The molecular formula is C13H21BrN2O2S. The number of sulfonamides is 1. The van der Waals surface area contributed by atoms with E-state index < -0.39 is 10.0 Å². The zero-order chi connectivity index (χ0) is 14.5. The van der Waals surface area contributed by atoms with Crippen molar-refractivity contribution in [2.75, 3.05) is 13.6 Å². The molecule has 1 rings (SSSR count). The predicted molar refractivity (Wildman–Crippen MR) is 81.4 cm³/mol. The summed E-state index contributed by atoms with van der Waals surface area (Å²) < 4.78 is 26.9. The third-order valence-corrected chi connectivity index (χ3v) is 5.85. The summed E-state index contributed by atoms with van der Waals surface area (Å²) in [5, 5.41) is 0. The topological polar surface area (TPSA) is 63.4 Å². The molecule has 0 saturated heterocycles. The van der Waals surface area contributed by atoms with Gasteiger partial charge in [0.15, 0.2) is 0 Å². The van der Waals surface area contributed by atoms with Gasteiger partial charge in [0, 0.05) is 24.6 Å². The van der Waals surface area contributed by atoms with Gasteiger partial charge < -0.3 is 5.73 Å². The molecule has 0 aliphatic rings. The third-order valence-electron chi connectivity index (χ3n) is 3.00. The highest BCUT2D eigenvalue weighted by Gasteiger charge is 2.23. The standard InChI is InChI=1S/C13H21BrN2O2S/c1-3-4-5-8-16(2)19(17,18)13-9-11(10-15)6-7-12(13)14/h6-7,9H,3-5,8,10,15H2,1-2H3. The van der Waals surface area contributed by atoms with Crippen LogP contribution >= 0.6 is 15.9 Å². The van der Waals surface area contributed by atoms with Crippen LogP contribution in [0.5, 0.6) is 0 Å². The number of hydrogen-bond acceptors (Lipinski definition) is 3. The minimum absolute atomic E-state index is 0.287. The SMILES string of the molecule is CCCCCN(C)S(=O)(=O)c1cc(CN)ccc1Br. The molecule has 2 N–H and O–H groups in total. The summed E-state index contributed by atoms with van der Waals surface area (Å²) in [7, 11) is -1.83. The van der Waals surface area contributed by atoms with Crippen LogP contribution in [0.25, 0.3) is 0 Å². The van der Waals surface area contributed by atoms with Crippen LogP contribution in [0, 0.1) is 0 Å². The first-order valence-corrected chi connectivity index (χ1v) is 8.61. The molecule has 6 heteroatoms. The van der Waals surface area contributed by atoms with Crippen LogP contribution in [0.2, 0.25) is 0 Å². The van der Waals surface area contributed by atoms with Crippen LogP contribution in [0.4, 0.5) is 0 Å². The van der Waals surface area contributed by atoms with Crippen molar-refractivity contribution in [3.8, 4) is 0 Å². The summed E-state index contributed by atoms with van der Waals surface area (Å²) in [6.45, 7) is 2.96. The molecule has 0 aliphatic heterocycles. The van der Waals surface area contributed by atoms with E-state index in [0.717, 1.165) is 24.8 Å². The van der Waals surface area contributed by atoms with Crippen LogP contribution in [0.3, 0.4) is 0 Å². The number of halogens is 1. The smallest absolute Gasteiger partial charge is 0.243 e. The van der Waals surface area contributed by atoms with Gasteiger partial charge in [-0.15, -0.1) is 0 Å². The van der Waals surface area contributed by atoms with E-state index in [0.29, 0.717) is 17.6 Å². The Morgan fingerprint density at radius 1 is 1.32 bits per heavy atom. The number of rotatable bonds is 7. The van der Waals surface area contributed by atoms with Gasteiger partial charge in [0.1, 0.15) is 0 Å². The predicted octanol–water partition coefficient (Wildman–Crippen LogP) is 2.72. The summed E-state index contributed by atoms with van der Waals surface area (Å²) in [6.07, 6.45) is 2.98. The quantitative estimate of drug-likeness (QED) is 0.770. The Morgan fingerprint density at radius 3 is 2.58 bits per heavy atom. The average molecular weight is 349 g/mol. The summed E-state index contributed by atoms with van der Waals surface area (Å²) in [5.74, 6) is 0. The number of nitrogens with zero attached hydrogens (tertiary/aromatic N) is 1. The average Bonchev–Trinajstić information content (AvgIpc) is 2.39. The molecule has 0 bridgehead atoms. The number of hydrogen-bond donors (Lipinski definition) is 1. The molecule has 1 aromatic rings. The normalized spacial score (nSPS) is 12.1. The Balaban J connectivity index is 2.99. The van der Waals surface area contributed by atoms with E-state index in [9.17, 15) is 8.42 Å². The van der Waals surface area contributed by atoms with E-state index in [1.807, 2.05) is 6.07 Å². The molecule has 1 aromatic carbocycles. The first-order valence-electron chi connectivity index (χ1n) is 6.38. The van der Waals surface area contributed by atoms with Crippen molar-refractivity contribution in [2.24, 2.45) is 5.73 Å². The minimum atomic E-state index is -3.45. The lowest BCUT2D eigenvalue weighted by atomic mass is 10.2. The summed E-state index contributed by atoms with van der Waals surface area (Å²) in [6, 6.07) is 5.19. The zero-order valence-electron chi connectivity index (χ0n) is 11.4. The molecule has 0 saturated carbocycles. The maximum absolute atomic E-state index is 12.5. The van der Waals surface area contributed by atoms with Crippen molar-refractivity contribution in [1.29, 1.82) is 0 Å². The number of nitrogens with two attached hydrogens (primary N) is 1. The van der Waals surface area contributed by atoms with Crippen molar-refractivity contribution in [2.45, 2.75) is 37.6 Å². The number of benzene rings is 1. The summed E-state index contributed by atoms with van der Waals surface area (Å²) >= 11 is 3.30. The Kier molecular flexibility index (Phi) is 6.46. The van der Waals surface area contributed by atoms with Gasteiger partial charge in [-0.3, -0.25) is 0 Å². The van der Waals surface area contributed by atoms with E-state index >= 15 is 0 Å². The first kappa shape index (κ1) is 16.6. The van der Waals surface area contributed by atoms with Gasteiger partial charge in [-0.2, -0.15) is 0 Å². The third kappa shape index (κ3) is 4.27. The molecule has 19 heavy (non-hydrogen) atoms. The molecule has 0 amide bonds. The molecule has 0 aliphatic carbocycles. The second-order valence-corrected chi connectivity index (χ2v) is 7.37. The Morgan fingerprint density at radius 2 is 2.00 bits per heavy atom. The molecule has 108 valence electrons. The van der Waals surface area contributed by atoms with Gasteiger partial charge in [-0.25, -0.2) is 12.7 Å². The van der Waals surface area contributed by atoms with E-state index in [-0.39, 0.29) is 4.90 Å². The van der Waals surface area contributed by atoms with Gasteiger partial charge >= 0.3 is 0 Å². The number of unbranched alkanes of at least 4 members (excludes halogenated alkanes) is 2. The monoisotopic (exact) mass is 348 g/mol. The molecule has 0 spiro atoms. The van der Waals surface area contributed by atoms with E-state index in [1.54, 1.807) is 19.2 Å². The largest absolute Gasteiger partial charge is 0.326 e. The highest BCUT2D eigenvalue weighted by Crippen LogP contribution is 2.25. The fourth-order valence-electron chi connectivity index (χ4n) is 1.74. The highest BCUT2D eigenvalue weighted by molar-refractivity contribution is 9.10. The molecule has 0 heterocycles. The maximum atomic E-state index is 12.5. The van der Waals surface area contributed by atoms with Gasteiger partial charge in [-0.1, -0.05) is 25.8 Å². The Bertz CT molecular complexity index is 517. The Labute approximate surface area is 124 Å². The van der Waals surface area contributed by atoms with Gasteiger partial charge in [-0.05, 0) is 40.0 Å². The summed E-state index contributed by atoms with van der Waals surface area (Å²) in [4.78, 5) is 0.287. The van der Waals surface area contributed by atoms with Crippen molar-refractivity contribution in [1.82, 2.24) is 4.31 Å². The lowest BCUT2D eigenvalue weighted by Crippen LogP contribution is -2.28. The second-order valence-electron chi connectivity index (χ2n) is 4.50. The molecule has 0 fully saturated rings. The first-order chi connectivity index (χ1) is 8.93. The van der Waals surface area contributed by atoms with Crippen LogP contribution in [-0.4, -0.2) is 26.3 Å². The van der Waals surface area contributed by atoms with Crippen LogP contribution in [0.1, 0.15) is 31.7 Å².